The molecule has 3 amide bonds. The molecular weight excluding hydrogens is 464 g/mol. The first kappa shape index (κ1) is 23.1. The molecule has 10 heteroatoms. The molecule has 0 bridgehead atoms. The maximum Gasteiger partial charge on any atom is 0.270 e. The van der Waals surface area contributed by atoms with Crippen LogP contribution < -0.4 is 15.0 Å². The molecule has 1 atom stereocenters. The van der Waals surface area contributed by atoms with Crippen LogP contribution in [-0.2, 0) is 19.3 Å². The highest BCUT2D eigenvalue weighted by Crippen LogP contribution is 2.55. The molecule has 2 aromatic carbocycles. The van der Waals surface area contributed by atoms with Crippen molar-refractivity contribution >= 4 is 51.9 Å². The van der Waals surface area contributed by atoms with Crippen LogP contribution in [0.25, 0.3) is 0 Å². The Hall–Kier alpha value is -3.04. The predicted molar refractivity (Wildman–Crippen MR) is 128 cm³/mol. The van der Waals surface area contributed by atoms with Crippen LogP contribution in [0.3, 0.4) is 0 Å². The lowest BCUT2D eigenvalue weighted by Crippen LogP contribution is -2.49. The van der Waals surface area contributed by atoms with Crippen LogP contribution in [0.2, 0.25) is 5.02 Å². The molecule has 2 aromatic rings. The van der Waals surface area contributed by atoms with E-state index in [0.29, 0.717) is 22.0 Å². The largest absolute Gasteiger partial charge is 0.490 e. The van der Waals surface area contributed by atoms with Gasteiger partial charge in [-0.05, 0) is 43.3 Å². The number of amides is 3. The number of hydrogen-bond acceptors (Lipinski definition) is 6. The van der Waals surface area contributed by atoms with Crippen molar-refractivity contribution in [2.75, 3.05) is 18.1 Å². The second-order valence-electron chi connectivity index (χ2n) is 7.88. The molecule has 2 heterocycles. The molecule has 2 aliphatic heterocycles. The van der Waals surface area contributed by atoms with E-state index in [1.807, 2.05) is 38.1 Å². The van der Waals surface area contributed by atoms with Crippen molar-refractivity contribution < 1.29 is 19.1 Å². The number of para-hydroxylation sites is 1. The zero-order valence-electron chi connectivity index (χ0n) is 18.6. The number of amidine groups is 1. The van der Waals surface area contributed by atoms with E-state index >= 15 is 0 Å². The summed E-state index contributed by atoms with van der Waals surface area (Å²) in [6.45, 7) is 6.99. The second-order valence-corrected chi connectivity index (χ2v) is 9.47. The monoisotopic (exact) mass is 486 g/mol. The summed E-state index contributed by atoms with van der Waals surface area (Å²) in [5.41, 5.74) is 3.22. The van der Waals surface area contributed by atoms with Crippen molar-refractivity contribution in [3.8, 4) is 5.75 Å². The van der Waals surface area contributed by atoms with Gasteiger partial charge in [-0.25, -0.2) is 0 Å². The Morgan fingerprint density at radius 1 is 1.21 bits per heavy atom. The van der Waals surface area contributed by atoms with Gasteiger partial charge in [0.05, 0.1) is 17.3 Å². The Morgan fingerprint density at radius 3 is 2.61 bits per heavy atom. The highest BCUT2D eigenvalue weighted by Gasteiger charge is 2.61. The molecule has 1 N–H and O–H groups in total. The van der Waals surface area contributed by atoms with Crippen molar-refractivity contribution in [1.29, 1.82) is 0 Å². The van der Waals surface area contributed by atoms with E-state index in [0.717, 1.165) is 27.9 Å². The van der Waals surface area contributed by atoms with Crippen molar-refractivity contribution in [1.82, 2.24) is 10.3 Å². The quantitative estimate of drug-likeness (QED) is 0.713. The number of nitrogens with one attached hydrogen (secondary N) is 1. The second kappa shape index (κ2) is 8.72. The highest BCUT2D eigenvalue weighted by atomic mass is 35.5. The molecule has 1 spiro atoms. The van der Waals surface area contributed by atoms with Gasteiger partial charge in [-0.15, -0.1) is 5.10 Å². The average molecular weight is 487 g/mol. The van der Waals surface area contributed by atoms with Gasteiger partial charge in [0.15, 0.2) is 5.17 Å². The Labute approximate surface area is 200 Å². The number of halogens is 1. The van der Waals surface area contributed by atoms with Gasteiger partial charge in [0.25, 0.3) is 5.91 Å². The third-order valence-corrected chi connectivity index (χ3v) is 6.89. The summed E-state index contributed by atoms with van der Waals surface area (Å²) in [7, 11) is 0. The number of benzene rings is 2. The minimum Gasteiger partial charge on any atom is -0.490 e. The summed E-state index contributed by atoms with van der Waals surface area (Å²) in [6.07, 6.45) is 0. The fourth-order valence-electron chi connectivity index (χ4n) is 4.16. The summed E-state index contributed by atoms with van der Waals surface area (Å²) in [5.74, 6) is -0.537. The van der Waals surface area contributed by atoms with E-state index in [1.165, 1.54) is 13.8 Å². The van der Waals surface area contributed by atoms with E-state index in [9.17, 15) is 14.4 Å². The van der Waals surface area contributed by atoms with Crippen LogP contribution in [0.4, 0.5) is 5.69 Å². The zero-order valence-corrected chi connectivity index (χ0v) is 20.2. The number of hydrazone groups is 1. The van der Waals surface area contributed by atoms with Gasteiger partial charge in [-0.1, -0.05) is 41.4 Å². The molecule has 8 nitrogen and oxygen atoms in total. The third kappa shape index (κ3) is 3.95. The first-order chi connectivity index (χ1) is 15.6. The van der Waals surface area contributed by atoms with Crippen molar-refractivity contribution in [3.63, 3.8) is 0 Å². The van der Waals surface area contributed by atoms with Crippen molar-refractivity contribution in [2.45, 2.75) is 32.6 Å². The highest BCUT2D eigenvalue weighted by molar-refractivity contribution is 8.15. The number of hydrogen-bond donors (Lipinski definition) is 1. The maximum absolute atomic E-state index is 13.9. The number of carbonyl (C=O) groups excluding carboxylic acids is 3. The lowest BCUT2D eigenvalue weighted by molar-refractivity contribution is -0.139. The Balaban J connectivity index is 1.72. The van der Waals surface area contributed by atoms with Gasteiger partial charge in [-0.3, -0.25) is 14.4 Å². The number of rotatable bonds is 4. The fraction of sp³-hybridized carbons (Fsp3) is 0.304. The van der Waals surface area contributed by atoms with Gasteiger partial charge < -0.3 is 15.0 Å². The molecule has 4 rings (SSSR count). The lowest BCUT2D eigenvalue weighted by atomic mass is 10.0. The van der Waals surface area contributed by atoms with E-state index in [2.05, 4.69) is 10.4 Å². The summed E-state index contributed by atoms with van der Waals surface area (Å²) in [6, 6.07) is 11.0. The third-order valence-electron chi connectivity index (χ3n) is 5.34. The number of thioether (sulfide) groups is 1. The molecular formula is C23H23ClN4O4S. The maximum atomic E-state index is 13.9. The Bertz CT molecular complexity index is 1200. The van der Waals surface area contributed by atoms with E-state index in [-0.39, 0.29) is 30.1 Å². The molecule has 0 unspecified atom stereocenters. The molecule has 2 aliphatic rings. The van der Waals surface area contributed by atoms with Crippen LogP contribution in [0.5, 0.6) is 5.75 Å². The standard InChI is InChI=1S/C23H23ClN4O4S/c1-13-11-14(2)20-17(12-13)23(28(16(4)30)26-22(33-23)25-15(3)29)21(31)27(20)9-10-32-19-8-6-5-7-18(19)24/h5-8,11-12H,9-10H2,1-4H3,(H,25,26,29)/t23-/m1/s1. The first-order valence-corrected chi connectivity index (χ1v) is 11.5. The van der Waals surface area contributed by atoms with Crippen LogP contribution in [0.15, 0.2) is 41.5 Å². The van der Waals surface area contributed by atoms with Gasteiger partial charge in [0.2, 0.25) is 16.7 Å². The lowest BCUT2D eigenvalue weighted by Gasteiger charge is -2.29. The molecule has 172 valence electrons. The van der Waals surface area contributed by atoms with Gasteiger partial charge >= 0.3 is 0 Å². The van der Waals surface area contributed by atoms with Crippen molar-refractivity contribution in [3.05, 3.63) is 58.1 Å². The number of nitrogens with zero attached hydrogens (tertiary/aromatic N) is 3. The van der Waals surface area contributed by atoms with E-state index < -0.39 is 10.8 Å². The summed E-state index contributed by atoms with van der Waals surface area (Å²) < 4.78 is 5.83. The van der Waals surface area contributed by atoms with Crippen LogP contribution in [-0.4, -0.2) is 41.0 Å². The smallest absolute Gasteiger partial charge is 0.270 e. The van der Waals surface area contributed by atoms with Crippen LogP contribution in [0.1, 0.15) is 30.5 Å². The fourth-order valence-corrected chi connectivity index (χ4v) is 5.67. The van der Waals surface area contributed by atoms with Crippen LogP contribution >= 0.6 is 23.4 Å². The SMILES string of the molecule is CC(=O)NC1=NN(C(C)=O)[C@]2(S1)C(=O)N(CCOc1ccccc1Cl)c1c(C)cc(C)cc12. The summed E-state index contributed by atoms with van der Waals surface area (Å²) in [4.78, 5) is 38.4. The van der Waals surface area contributed by atoms with Gasteiger partial charge in [0.1, 0.15) is 12.4 Å². The molecule has 0 fully saturated rings. The summed E-state index contributed by atoms with van der Waals surface area (Å²) in [5, 5.41) is 8.74. The normalized spacial score (nSPS) is 19.1. The molecule has 0 saturated heterocycles. The van der Waals surface area contributed by atoms with Gasteiger partial charge in [0, 0.05) is 19.4 Å². The Kier molecular flexibility index (Phi) is 6.11. The topological polar surface area (TPSA) is 91.3 Å². The van der Waals surface area contributed by atoms with Gasteiger partial charge in [-0.2, -0.15) is 5.01 Å². The molecule has 0 aliphatic carbocycles. The number of fused-ring (bicyclic) bond motifs is 2. The van der Waals surface area contributed by atoms with Crippen molar-refractivity contribution in [2.24, 2.45) is 5.10 Å². The van der Waals surface area contributed by atoms with Crippen LogP contribution in [0, 0.1) is 13.8 Å². The summed E-state index contributed by atoms with van der Waals surface area (Å²) >= 11 is 7.24. The zero-order chi connectivity index (χ0) is 23.9. The minimum absolute atomic E-state index is 0.197. The van der Waals surface area contributed by atoms with E-state index in [4.69, 9.17) is 16.3 Å². The molecule has 0 saturated carbocycles. The number of carbonyl (C=O) groups is 3. The molecule has 33 heavy (non-hydrogen) atoms. The average Bonchev–Trinajstić information content (AvgIpc) is 3.21. The predicted octanol–water partition coefficient (Wildman–Crippen LogP) is 3.54. The minimum atomic E-state index is -1.43. The molecule has 0 radical (unpaired) electrons. The number of ether oxygens (including phenoxy) is 1. The molecule has 0 aromatic heterocycles. The van der Waals surface area contributed by atoms with E-state index in [1.54, 1.807) is 17.0 Å². The number of aryl methyl sites for hydroxylation is 2. The number of anilines is 1. The first-order valence-electron chi connectivity index (χ1n) is 10.3. The Morgan fingerprint density at radius 2 is 1.94 bits per heavy atom.